The van der Waals surface area contributed by atoms with Crippen LogP contribution in [0.2, 0.25) is 0 Å². The van der Waals surface area contributed by atoms with E-state index in [1.165, 1.54) is 11.8 Å². The molecular weight excluding hydrogens is 364 g/mol. The highest BCUT2D eigenvalue weighted by Gasteiger charge is 2.26. The Balaban J connectivity index is 4.68. The first-order valence-corrected chi connectivity index (χ1v) is 9.62. The number of unbranched alkanes of at least 4 members (excludes halogenated alkanes) is 1. The normalized spacial score (nSPS) is 14.1. The standard InChI is InChI=1S/C15H28N4O6S/c1-26-8-11(18-12(20)6-5-9(17)14(22)23)13(21)19-10(15(24)25)4-2-3-7-16/h9-11H,2-8,16-17H2,1H3,(H,18,20)(H,19,21)(H,22,23)(H,24,25). The second-order valence-corrected chi connectivity index (χ2v) is 6.65. The summed E-state index contributed by atoms with van der Waals surface area (Å²) < 4.78 is 0. The van der Waals surface area contributed by atoms with Crippen molar-refractivity contribution in [3.8, 4) is 0 Å². The zero-order valence-electron chi connectivity index (χ0n) is 14.8. The Morgan fingerprint density at radius 3 is 2.15 bits per heavy atom. The minimum atomic E-state index is -1.21. The molecule has 150 valence electrons. The van der Waals surface area contributed by atoms with Gasteiger partial charge in [0.15, 0.2) is 0 Å². The van der Waals surface area contributed by atoms with Gasteiger partial charge in [-0.1, -0.05) is 0 Å². The Morgan fingerprint density at radius 1 is 1.00 bits per heavy atom. The van der Waals surface area contributed by atoms with Crippen LogP contribution < -0.4 is 22.1 Å². The van der Waals surface area contributed by atoms with Gasteiger partial charge in [0.25, 0.3) is 0 Å². The molecule has 0 rings (SSSR count). The van der Waals surface area contributed by atoms with E-state index in [1.54, 1.807) is 6.26 Å². The summed E-state index contributed by atoms with van der Waals surface area (Å²) in [7, 11) is 0. The monoisotopic (exact) mass is 392 g/mol. The largest absolute Gasteiger partial charge is 0.480 e. The molecule has 8 N–H and O–H groups in total. The molecule has 0 radical (unpaired) electrons. The third-order valence-electron chi connectivity index (χ3n) is 3.55. The van der Waals surface area contributed by atoms with Gasteiger partial charge in [-0.3, -0.25) is 14.4 Å². The SMILES string of the molecule is CSCC(NC(=O)CCC(N)C(=O)O)C(=O)NC(CCCCN)C(=O)O. The Labute approximate surface area is 156 Å². The van der Waals surface area contributed by atoms with E-state index in [9.17, 15) is 24.3 Å². The smallest absolute Gasteiger partial charge is 0.326 e. The molecule has 0 spiro atoms. The number of carbonyl (C=O) groups excluding carboxylic acids is 2. The molecule has 0 aliphatic carbocycles. The number of carbonyl (C=O) groups is 4. The Morgan fingerprint density at radius 2 is 1.65 bits per heavy atom. The quantitative estimate of drug-likeness (QED) is 0.196. The molecule has 0 fully saturated rings. The van der Waals surface area contributed by atoms with E-state index in [0.29, 0.717) is 19.4 Å². The van der Waals surface area contributed by atoms with E-state index in [4.69, 9.17) is 16.6 Å². The van der Waals surface area contributed by atoms with Crippen LogP contribution in [-0.2, 0) is 19.2 Å². The summed E-state index contributed by atoms with van der Waals surface area (Å²) in [4.78, 5) is 46.1. The van der Waals surface area contributed by atoms with Crippen LogP contribution in [0.1, 0.15) is 32.1 Å². The van der Waals surface area contributed by atoms with Gasteiger partial charge in [-0.05, 0) is 38.5 Å². The van der Waals surface area contributed by atoms with E-state index in [2.05, 4.69) is 10.6 Å². The van der Waals surface area contributed by atoms with Gasteiger partial charge in [0.05, 0.1) is 0 Å². The molecule has 0 aromatic rings. The molecule has 0 aromatic heterocycles. The van der Waals surface area contributed by atoms with Gasteiger partial charge >= 0.3 is 11.9 Å². The number of nitrogens with two attached hydrogens (primary N) is 2. The lowest BCUT2D eigenvalue weighted by Crippen LogP contribution is -2.52. The number of carboxylic acid groups (broad SMARTS) is 2. The van der Waals surface area contributed by atoms with E-state index >= 15 is 0 Å². The van der Waals surface area contributed by atoms with Gasteiger partial charge in [-0.2, -0.15) is 11.8 Å². The highest BCUT2D eigenvalue weighted by molar-refractivity contribution is 7.98. The molecule has 26 heavy (non-hydrogen) atoms. The van der Waals surface area contributed by atoms with Crippen molar-refractivity contribution >= 4 is 35.5 Å². The highest BCUT2D eigenvalue weighted by atomic mass is 32.2. The molecule has 0 heterocycles. The van der Waals surface area contributed by atoms with Crippen LogP contribution in [0.25, 0.3) is 0 Å². The number of aliphatic carboxylic acids is 2. The number of carboxylic acids is 2. The molecule has 2 amide bonds. The molecule has 0 aliphatic heterocycles. The predicted molar refractivity (Wildman–Crippen MR) is 97.6 cm³/mol. The lowest BCUT2D eigenvalue weighted by Gasteiger charge is -2.21. The second kappa shape index (κ2) is 13.4. The number of thioether (sulfide) groups is 1. The van der Waals surface area contributed by atoms with Gasteiger partial charge in [-0.15, -0.1) is 0 Å². The van der Waals surface area contributed by atoms with Crippen molar-refractivity contribution in [3.05, 3.63) is 0 Å². The van der Waals surface area contributed by atoms with Crippen molar-refractivity contribution in [1.29, 1.82) is 0 Å². The van der Waals surface area contributed by atoms with Gasteiger partial charge in [0.1, 0.15) is 18.1 Å². The van der Waals surface area contributed by atoms with Crippen molar-refractivity contribution in [1.82, 2.24) is 10.6 Å². The van der Waals surface area contributed by atoms with E-state index in [0.717, 1.165) is 0 Å². The van der Waals surface area contributed by atoms with Gasteiger partial charge in [0.2, 0.25) is 11.8 Å². The Bertz CT molecular complexity index is 491. The molecule has 0 aromatic carbocycles. The molecular formula is C15H28N4O6S. The van der Waals surface area contributed by atoms with Crippen molar-refractivity contribution in [2.75, 3.05) is 18.6 Å². The van der Waals surface area contributed by atoms with Crippen LogP contribution in [0.15, 0.2) is 0 Å². The van der Waals surface area contributed by atoms with Crippen molar-refractivity contribution in [2.45, 2.75) is 50.2 Å². The summed E-state index contributed by atoms with van der Waals surface area (Å²) in [6.45, 7) is 0.434. The van der Waals surface area contributed by atoms with E-state index in [-0.39, 0.29) is 25.0 Å². The minimum absolute atomic E-state index is 0.0639. The fraction of sp³-hybridized carbons (Fsp3) is 0.733. The molecule has 11 heteroatoms. The Hall–Kier alpha value is -1.85. The summed E-state index contributed by atoms with van der Waals surface area (Å²) in [5, 5.41) is 22.8. The minimum Gasteiger partial charge on any atom is -0.480 e. The van der Waals surface area contributed by atoms with Crippen molar-refractivity contribution < 1.29 is 29.4 Å². The number of nitrogens with one attached hydrogen (secondary N) is 2. The summed E-state index contributed by atoms with van der Waals surface area (Å²) in [5.74, 6) is -3.24. The maximum absolute atomic E-state index is 12.3. The summed E-state index contributed by atoms with van der Waals surface area (Å²) in [6, 6.07) is -3.14. The van der Waals surface area contributed by atoms with Crippen LogP contribution in [0.5, 0.6) is 0 Å². The summed E-state index contributed by atoms with van der Waals surface area (Å²) in [5.41, 5.74) is 10.7. The third kappa shape index (κ3) is 10.2. The second-order valence-electron chi connectivity index (χ2n) is 5.74. The summed E-state index contributed by atoms with van der Waals surface area (Å²) in [6.07, 6.45) is 2.97. The van der Waals surface area contributed by atoms with E-state index < -0.39 is 41.9 Å². The number of amides is 2. The van der Waals surface area contributed by atoms with Crippen molar-refractivity contribution in [3.63, 3.8) is 0 Å². The lowest BCUT2D eigenvalue weighted by molar-refractivity contribution is -0.142. The zero-order chi connectivity index (χ0) is 20.1. The number of rotatable bonds is 14. The van der Waals surface area contributed by atoms with Gasteiger partial charge in [-0.25, -0.2) is 4.79 Å². The van der Waals surface area contributed by atoms with Gasteiger partial charge in [0, 0.05) is 12.2 Å². The first-order valence-electron chi connectivity index (χ1n) is 8.22. The average Bonchev–Trinajstić information content (AvgIpc) is 2.58. The number of hydrogen-bond acceptors (Lipinski definition) is 7. The molecule has 0 aliphatic rings. The first kappa shape index (κ1) is 24.1. The van der Waals surface area contributed by atoms with E-state index in [1.807, 2.05) is 0 Å². The van der Waals surface area contributed by atoms with Crippen molar-refractivity contribution in [2.24, 2.45) is 11.5 Å². The van der Waals surface area contributed by atoms with Crippen LogP contribution >= 0.6 is 11.8 Å². The molecule has 0 saturated heterocycles. The fourth-order valence-corrected chi connectivity index (χ4v) is 2.62. The fourth-order valence-electron chi connectivity index (χ4n) is 2.05. The molecule has 3 unspecified atom stereocenters. The first-order chi connectivity index (χ1) is 12.2. The molecule has 0 saturated carbocycles. The highest BCUT2D eigenvalue weighted by Crippen LogP contribution is 2.04. The maximum atomic E-state index is 12.3. The van der Waals surface area contributed by atoms with Crippen LogP contribution in [-0.4, -0.2) is 70.6 Å². The molecule has 3 atom stereocenters. The van der Waals surface area contributed by atoms with Gasteiger partial charge < -0.3 is 32.3 Å². The number of hydrogen-bond donors (Lipinski definition) is 6. The zero-order valence-corrected chi connectivity index (χ0v) is 15.6. The van der Waals surface area contributed by atoms with Crippen LogP contribution in [0.3, 0.4) is 0 Å². The lowest BCUT2D eigenvalue weighted by atomic mass is 10.1. The Kier molecular flexibility index (Phi) is 12.4. The van der Waals surface area contributed by atoms with Crippen LogP contribution in [0.4, 0.5) is 0 Å². The predicted octanol–water partition coefficient (Wildman–Crippen LogP) is -1.28. The van der Waals surface area contributed by atoms with Crippen LogP contribution in [0, 0.1) is 0 Å². The maximum Gasteiger partial charge on any atom is 0.326 e. The average molecular weight is 392 g/mol. The summed E-state index contributed by atoms with van der Waals surface area (Å²) >= 11 is 1.31. The topological polar surface area (TPSA) is 185 Å². The molecule has 10 nitrogen and oxygen atoms in total. The molecule has 0 bridgehead atoms. The third-order valence-corrected chi connectivity index (χ3v) is 4.21.